The van der Waals surface area contributed by atoms with Gasteiger partial charge in [0.1, 0.15) is 5.82 Å². The van der Waals surface area contributed by atoms with Crippen LogP contribution >= 0.6 is 0 Å². The molecular weight excluding hydrogens is 236 g/mol. The molecule has 1 unspecified atom stereocenters. The molecule has 2 atom stereocenters. The van der Waals surface area contributed by atoms with Gasteiger partial charge in [-0.2, -0.15) is 0 Å². The molecule has 0 bridgehead atoms. The lowest BCUT2D eigenvalue weighted by Gasteiger charge is -2.26. The van der Waals surface area contributed by atoms with Gasteiger partial charge >= 0.3 is 0 Å². The number of nitrogens with two attached hydrogens (primary N) is 1. The van der Waals surface area contributed by atoms with Gasteiger partial charge in [0.15, 0.2) is 0 Å². The number of fused-ring (bicyclic) bond motifs is 1. The maximum absolute atomic E-state index is 5.97. The molecule has 0 saturated carbocycles. The Morgan fingerprint density at radius 3 is 3.00 bits per heavy atom. The molecule has 19 heavy (non-hydrogen) atoms. The fourth-order valence-electron chi connectivity index (χ4n) is 3.31. The van der Waals surface area contributed by atoms with E-state index in [-0.39, 0.29) is 6.04 Å². The van der Waals surface area contributed by atoms with Gasteiger partial charge in [-0.25, -0.2) is 4.98 Å². The van der Waals surface area contributed by atoms with Crippen LogP contribution in [0.2, 0.25) is 0 Å². The molecule has 2 N–H and O–H groups in total. The summed E-state index contributed by atoms with van der Waals surface area (Å²) in [5, 5.41) is 0. The zero-order chi connectivity index (χ0) is 13.2. The molecule has 0 radical (unpaired) electrons. The van der Waals surface area contributed by atoms with Gasteiger partial charge in [-0.05, 0) is 50.4 Å². The fraction of sp³-hybridized carbons (Fsp3) is 0.667. The molecule has 2 saturated heterocycles. The molecule has 2 aliphatic heterocycles. The first-order valence-electron chi connectivity index (χ1n) is 7.44. The topological polar surface area (TPSA) is 45.4 Å². The lowest BCUT2D eigenvalue weighted by Crippen LogP contribution is -2.37. The summed E-state index contributed by atoms with van der Waals surface area (Å²) in [6.45, 7) is 6.79. The monoisotopic (exact) mass is 260 g/mol. The van der Waals surface area contributed by atoms with Crippen molar-refractivity contribution in [3.05, 3.63) is 23.9 Å². The quantitative estimate of drug-likeness (QED) is 0.880. The number of aromatic nitrogens is 1. The highest BCUT2D eigenvalue weighted by Gasteiger charge is 2.29. The first-order valence-corrected chi connectivity index (χ1v) is 7.44. The molecule has 0 aromatic carbocycles. The van der Waals surface area contributed by atoms with E-state index in [0.717, 1.165) is 24.9 Å². The molecule has 0 amide bonds. The molecule has 3 rings (SSSR count). The average molecular weight is 260 g/mol. The Morgan fingerprint density at radius 1 is 1.32 bits per heavy atom. The number of hydrogen-bond acceptors (Lipinski definition) is 4. The van der Waals surface area contributed by atoms with Crippen molar-refractivity contribution in [1.82, 2.24) is 9.88 Å². The van der Waals surface area contributed by atoms with Crippen LogP contribution in [0.5, 0.6) is 0 Å². The standard InChI is InChI=1S/C15H24N4/c1-12(16)13-5-6-17-15(10-13)19-9-3-8-18-7-2-4-14(18)11-19/h5-6,10,12,14H,2-4,7-9,11,16H2,1H3/t12-,14?/m0/s1. The van der Waals surface area contributed by atoms with E-state index < -0.39 is 0 Å². The van der Waals surface area contributed by atoms with Crippen LogP contribution in [-0.4, -0.2) is 42.1 Å². The van der Waals surface area contributed by atoms with E-state index in [1.165, 1.54) is 37.9 Å². The molecular formula is C15H24N4. The second kappa shape index (κ2) is 5.47. The van der Waals surface area contributed by atoms with Crippen LogP contribution in [0, 0.1) is 0 Å². The Labute approximate surface area is 115 Å². The predicted octanol–water partition coefficient (Wildman–Crippen LogP) is 1.78. The van der Waals surface area contributed by atoms with Gasteiger partial charge in [0.25, 0.3) is 0 Å². The Balaban J connectivity index is 1.79. The van der Waals surface area contributed by atoms with Crippen molar-refractivity contribution in [2.75, 3.05) is 31.1 Å². The first-order chi connectivity index (χ1) is 9.24. The number of hydrogen-bond donors (Lipinski definition) is 1. The van der Waals surface area contributed by atoms with E-state index in [0.29, 0.717) is 0 Å². The summed E-state index contributed by atoms with van der Waals surface area (Å²) in [4.78, 5) is 9.65. The number of nitrogens with zero attached hydrogens (tertiary/aromatic N) is 3. The summed E-state index contributed by atoms with van der Waals surface area (Å²) in [7, 11) is 0. The van der Waals surface area contributed by atoms with E-state index in [2.05, 4.69) is 20.9 Å². The second-order valence-corrected chi connectivity index (χ2v) is 5.87. The minimum atomic E-state index is 0.0803. The zero-order valence-corrected chi connectivity index (χ0v) is 11.8. The summed E-state index contributed by atoms with van der Waals surface area (Å²) < 4.78 is 0. The minimum Gasteiger partial charge on any atom is -0.355 e. The van der Waals surface area contributed by atoms with Gasteiger partial charge in [-0.3, -0.25) is 4.90 Å². The van der Waals surface area contributed by atoms with Crippen LogP contribution in [0.25, 0.3) is 0 Å². The van der Waals surface area contributed by atoms with Crippen molar-refractivity contribution in [3.63, 3.8) is 0 Å². The highest BCUT2D eigenvalue weighted by molar-refractivity contribution is 5.42. The predicted molar refractivity (Wildman–Crippen MR) is 78.3 cm³/mol. The van der Waals surface area contributed by atoms with E-state index in [9.17, 15) is 0 Å². The first kappa shape index (κ1) is 12.9. The highest BCUT2D eigenvalue weighted by atomic mass is 15.3. The third-order valence-electron chi connectivity index (χ3n) is 4.42. The van der Waals surface area contributed by atoms with Gasteiger partial charge < -0.3 is 10.6 Å². The molecule has 4 nitrogen and oxygen atoms in total. The van der Waals surface area contributed by atoms with Gasteiger partial charge in [0.05, 0.1) is 0 Å². The molecule has 2 fully saturated rings. The number of pyridine rings is 1. The summed E-state index contributed by atoms with van der Waals surface area (Å²) in [6.07, 6.45) is 5.82. The third-order valence-corrected chi connectivity index (χ3v) is 4.42. The maximum atomic E-state index is 5.97. The molecule has 0 aliphatic carbocycles. The lowest BCUT2D eigenvalue weighted by atomic mass is 10.1. The van der Waals surface area contributed by atoms with E-state index in [1.54, 1.807) is 0 Å². The Kier molecular flexibility index (Phi) is 3.71. The van der Waals surface area contributed by atoms with Gasteiger partial charge in [-0.1, -0.05) is 0 Å². The normalized spacial score (nSPS) is 26.0. The molecule has 0 spiro atoms. The van der Waals surface area contributed by atoms with E-state index in [4.69, 9.17) is 5.73 Å². The largest absolute Gasteiger partial charge is 0.355 e. The zero-order valence-electron chi connectivity index (χ0n) is 11.8. The second-order valence-electron chi connectivity index (χ2n) is 5.87. The Bertz CT molecular complexity index is 432. The average Bonchev–Trinajstić information content (AvgIpc) is 2.76. The Hall–Kier alpha value is -1.13. The molecule has 2 aliphatic rings. The summed E-state index contributed by atoms with van der Waals surface area (Å²) >= 11 is 0. The minimum absolute atomic E-state index is 0.0803. The van der Waals surface area contributed by atoms with E-state index in [1.807, 2.05) is 19.2 Å². The Morgan fingerprint density at radius 2 is 2.16 bits per heavy atom. The lowest BCUT2D eigenvalue weighted by molar-refractivity contribution is 0.273. The number of anilines is 1. The van der Waals surface area contributed by atoms with Gasteiger partial charge in [0.2, 0.25) is 0 Å². The summed E-state index contributed by atoms with van der Waals surface area (Å²) in [6, 6.07) is 4.99. The highest BCUT2D eigenvalue weighted by Crippen LogP contribution is 2.25. The summed E-state index contributed by atoms with van der Waals surface area (Å²) in [5.41, 5.74) is 7.15. The van der Waals surface area contributed by atoms with Crippen molar-refractivity contribution < 1.29 is 0 Å². The van der Waals surface area contributed by atoms with Crippen LogP contribution < -0.4 is 10.6 Å². The van der Waals surface area contributed by atoms with Gasteiger partial charge in [0, 0.05) is 37.9 Å². The third kappa shape index (κ3) is 2.74. The van der Waals surface area contributed by atoms with Crippen LogP contribution in [0.4, 0.5) is 5.82 Å². The summed E-state index contributed by atoms with van der Waals surface area (Å²) in [5.74, 6) is 1.10. The van der Waals surface area contributed by atoms with Crippen molar-refractivity contribution in [3.8, 4) is 0 Å². The van der Waals surface area contributed by atoms with Crippen LogP contribution in [0.15, 0.2) is 18.3 Å². The SMILES string of the molecule is C[C@H](N)c1ccnc(N2CCCN3CCCC3C2)c1. The maximum Gasteiger partial charge on any atom is 0.128 e. The molecule has 3 heterocycles. The molecule has 4 heteroatoms. The van der Waals surface area contributed by atoms with E-state index >= 15 is 0 Å². The molecule has 1 aromatic heterocycles. The van der Waals surface area contributed by atoms with Crippen molar-refractivity contribution in [1.29, 1.82) is 0 Å². The van der Waals surface area contributed by atoms with Crippen LogP contribution in [-0.2, 0) is 0 Å². The molecule has 104 valence electrons. The van der Waals surface area contributed by atoms with Crippen molar-refractivity contribution in [2.24, 2.45) is 5.73 Å². The number of rotatable bonds is 2. The fourth-order valence-corrected chi connectivity index (χ4v) is 3.31. The van der Waals surface area contributed by atoms with Crippen LogP contribution in [0.1, 0.15) is 37.8 Å². The van der Waals surface area contributed by atoms with Crippen molar-refractivity contribution in [2.45, 2.75) is 38.3 Å². The van der Waals surface area contributed by atoms with Gasteiger partial charge in [-0.15, -0.1) is 0 Å². The smallest absolute Gasteiger partial charge is 0.128 e. The molecule has 1 aromatic rings. The van der Waals surface area contributed by atoms with Crippen molar-refractivity contribution >= 4 is 5.82 Å². The van der Waals surface area contributed by atoms with Crippen LogP contribution in [0.3, 0.4) is 0 Å².